The third-order valence-corrected chi connectivity index (χ3v) is 3.56. The molecule has 1 unspecified atom stereocenters. The molecule has 1 fully saturated rings. The summed E-state index contributed by atoms with van der Waals surface area (Å²) in [6.45, 7) is 7.78. The smallest absolute Gasteiger partial charge is 0.292 e. The Balaban J connectivity index is 2.30. The first-order valence-electron chi connectivity index (χ1n) is 6.51. The fraction of sp³-hybridized carbons (Fsp3) is 0.571. The molecule has 6 heteroatoms. The van der Waals surface area contributed by atoms with E-state index in [-0.39, 0.29) is 23.0 Å². The van der Waals surface area contributed by atoms with Gasteiger partial charge >= 0.3 is 0 Å². The van der Waals surface area contributed by atoms with Gasteiger partial charge in [0.1, 0.15) is 11.5 Å². The summed E-state index contributed by atoms with van der Waals surface area (Å²) in [6, 6.07) is 3.28. The maximum Gasteiger partial charge on any atom is 0.292 e. The molecule has 0 saturated carbocycles. The molecular formula is C14H19FN2O3. The Morgan fingerprint density at radius 1 is 1.40 bits per heavy atom. The molecule has 0 amide bonds. The van der Waals surface area contributed by atoms with E-state index in [1.807, 2.05) is 27.7 Å². The van der Waals surface area contributed by atoms with E-state index in [0.29, 0.717) is 6.42 Å². The van der Waals surface area contributed by atoms with Crippen LogP contribution in [0.4, 0.5) is 15.8 Å². The topological polar surface area (TPSA) is 64.4 Å². The van der Waals surface area contributed by atoms with Gasteiger partial charge in [0.25, 0.3) is 5.69 Å². The lowest BCUT2D eigenvalue weighted by molar-refractivity contribution is -0.384. The molecule has 1 saturated heterocycles. The van der Waals surface area contributed by atoms with E-state index in [4.69, 9.17) is 4.74 Å². The fourth-order valence-electron chi connectivity index (χ4n) is 2.76. The second-order valence-corrected chi connectivity index (χ2v) is 6.28. The number of benzene rings is 1. The number of nitrogens with one attached hydrogen (secondary N) is 1. The van der Waals surface area contributed by atoms with Crippen molar-refractivity contribution in [3.05, 3.63) is 34.1 Å². The average molecular weight is 282 g/mol. The molecule has 1 N–H and O–H groups in total. The molecule has 1 atom stereocenters. The fourth-order valence-corrected chi connectivity index (χ4v) is 2.76. The molecule has 0 aliphatic carbocycles. The van der Waals surface area contributed by atoms with Crippen LogP contribution in [-0.4, -0.2) is 22.2 Å². The van der Waals surface area contributed by atoms with Crippen molar-refractivity contribution in [2.45, 2.75) is 51.4 Å². The monoisotopic (exact) mass is 282 g/mol. The Morgan fingerprint density at radius 3 is 2.55 bits per heavy atom. The minimum Gasteiger partial charge on any atom is -0.374 e. The van der Waals surface area contributed by atoms with Crippen molar-refractivity contribution < 1.29 is 14.1 Å². The summed E-state index contributed by atoms with van der Waals surface area (Å²) in [5.41, 5.74) is -0.742. The van der Waals surface area contributed by atoms with E-state index in [1.165, 1.54) is 6.07 Å². The van der Waals surface area contributed by atoms with Crippen molar-refractivity contribution in [2.75, 3.05) is 5.32 Å². The number of rotatable bonds is 3. The first-order chi connectivity index (χ1) is 9.11. The molecule has 0 bridgehead atoms. The minimum absolute atomic E-state index is 0.127. The summed E-state index contributed by atoms with van der Waals surface area (Å²) in [5.74, 6) is -0.505. The third-order valence-electron chi connectivity index (χ3n) is 3.56. The molecule has 0 radical (unpaired) electrons. The van der Waals surface area contributed by atoms with Gasteiger partial charge in [-0.15, -0.1) is 0 Å². The van der Waals surface area contributed by atoms with Gasteiger partial charge in [-0.2, -0.15) is 0 Å². The number of hydrogen-bond acceptors (Lipinski definition) is 4. The Hall–Kier alpha value is -1.69. The van der Waals surface area contributed by atoms with Crippen LogP contribution in [0.5, 0.6) is 0 Å². The van der Waals surface area contributed by atoms with E-state index in [0.717, 1.165) is 12.1 Å². The second kappa shape index (κ2) is 4.70. The molecule has 0 spiro atoms. The van der Waals surface area contributed by atoms with Crippen molar-refractivity contribution in [1.82, 2.24) is 0 Å². The first kappa shape index (κ1) is 14.7. The standard InChI is InChI=1S/C14H19FN2O3/c1-13(2)8-12(14(3,4)20-13)16-10-7-9(15)5-6-11(10)17(18)19/h5-7,12,16H,8H2,1-4H3. The Kier molecular flexibility index (Phi) is 3.46. The van der Waals surface area contributed by atoms with Crippen LogP contribution >= 0.6 is 0 Å². The maximum absolute atomic E-state index is 13.3. The summed E-state index contributed by atoms with van der Waals surface area (Å²) in [7, 11) is 0. The van der Waals surface area contributed by atoms with Gasteiger partial charge in [0.05, 0.1) is 22.2 Å². The molecule has 1 aromatic carbocycles. The molecule has 20 heavy (non-hydrogen) atoms. The van der Waals surface area contributed by atoms with Crippen LogP contribution in [0.25, 0.3) is 0 Å². The second-order valence-electron chi connectivity index (χ2n) is 6.28. The van der Waals surface area contributed by atoms with Gasteiger partial charge < -0.3 is 10.1 Å². The minimum atomic E-state index is -0.518. The highest BCUT2D eigenvalue weighted by Gasteiger charge is 2.46. The van der Waals surface area contributed by atoms with Gasteiger partial charge in [-0.25, -0.2) is 4.39 Å². The zero-order chi connectivity index (χ0) is 15.1. The number of nitrogens with zero attached hydrogens (tertiary/aromatic N) is 1. The van der Waals surface area contributed by atoms with Gasteiger partial charge in [0.2, 0.25) is 0 Å². The van der Waals surface area contributed by atoms with Gasteiger partial charge in [0, 0.05) is 12.1 Å². The molecule has 1 aliphatic rings. The van der Waals surface area contributed by atoms with Crippen LogP contribution in [-0.2, 0) is 4.74 Å². The number of nitro groups is 1. The SMILES string of the molecule is CC1(C)CC(Nc2cc(F)ccc2[N+](=O)[O-])C(C)(C)O1. The lowest BCUT2D eigenvalue weighted by Crippen LogP contribution is -2.38. The van der Waals surface area contributed by atoms with Crippen LogP contribution in [0.15, 0.2) is 18.2 Å². The van der Waals surface area contributed by atoms with E-state index in [1.54, 1.807) is 0 Å². The van der Waals surface area contributed by atoms with Crippen LogP contribution in [0.1, 0.15) is 34.1 Å². The van der Waals surface area contributed by atoms with Crippen molar-refractivity contribution in [3.8, 4) is 0 Å². The Morgan fingerprint density at radius 2 is 2.05 bits per heavy atom. The Bertz CT molecular complexity index is 543. The summed E-state index contributed by atoms with van der Waals surface area (Å²) < 4.78 is 19.3. The summed E-state index contributed by atoms with van der Waals surface area (Å²) >= 11 is 0. The van der Waals surface area contributed by atoms with Crippen LogP contribution in [0.2, 0.25) is 0 Å². The number of halogens is 1. The lowest BCUT2D eigenvalue weighted by Gasteiger charge is -2.28. The zero-order valence-corrected chi connectivity index (χ0v) is 12.1. The quantitative estimate of drug-likeness (QED) is 0.680. The van der Waals surface area contributed by atoms with Gasteiger partial charge in [-0.1, -0.05) is 0 Å². The van der Waals surface area contributed by atoms with Crippen molar-refractivity contribution >= 4 is 11.4 Å². The van der Waals surface area contributed by atoms with Gasteiger partial charge in [0.15, 0.2) is 0 Å². The highest BCUT2D eigenvalue weighted by atomic mass is 19.1. The van der Waals surface area contributed by atoms with E-state index in [9.17, 15) is 14.5 Å². The molecule has 5 nitrogen and oxygen atoms in total. The normalized spacial score (nSPS) is 23.6. The molecular weight excluding hydrogens is 263 g/mol. The molecule has 0 aromatic heterocycles. The zero-order valence-electron chi connectivity index (χ0n) is 12.1. The van der Waals surface area contributed by atoms with E-state index < -0.39 is 16.3 Å². The first-order valence-corrected chi connectivity index (χ1v) is 6.51. The van der Waals surface area contributed by atoms with Crippen LogP contribution in [0, 0.1) is 15.9 Å². The maximum atomic E-state index is 13.3. The predicted molar refractivity (Wildman–Crippen MR) is 74.3 cm³/mol. The number of anilines is 1. The summed E-state index contributed by atoms with van der Waals surface area (Å²) in [4.78, 5) is 10.5. The van der Waals surface area contributed by atoms with E-state index >= 15 is 0 Å². The third kappa shape index (κ3) is 2.90. The van der Waals surface area contributed by atoms with Gasteiger partial charge in [-0.05, 0) is 40.2 Å². The van der Waals surface area contributed by atoms with Crippen LogP contribution in [0.3, 0.4) is 0 Å². The molecule has 1 heterocycles. The lowest BCUT2D eigenvalue weighted by atomic mass is 9.94. The average Bonchev–Trinajstić information content (AvgIpc) is 2.46. The molecule has 110 valence electrons. The number of ether oxygens (including phenoxy) is 1. The Labute approximate surface area is 117 Å². The van der Waals surface area contributed by atoms with Crippen molar-refractivity contribution in [2.24, 2.45) is 0 Å². The number of nitro benzene ring substituents is 1. The molecule has 1 aliphatic heterocycles. The highest BCUT2D eigenvalue weighted by Crippen LogP contribution is 2.40. The summed E-state index contributed by atoms with van der Waals surface area (Å²) in [6.07, 6.45) is 0.688. The predicted octanol–water partition coefficient (Wildman–Crippen LogP) is 3.49. The number of hydrogen-bond donors (Lipinski definition) is 1. The molecule has 2 rings (SSSR count). The van der Waals surface area contributed by atoms with Gasteiger partial charge in [-0.3, -0.25) is 10.1 Å². The highest BCUT2D eigenvalue weighted by molar-refractivity contribution is 5.62. The van der Waals surface area contributed by atoms with Crippen molar-refractivity contribution in [1.29, 1.82) is 0 Å². The largest absolute Gasteiger partial charge is 0.374 e. The van der Waals surface area contributed by atoms with Crippen molar-refractivity contribution in [3.63, 3.8) is 0 Å². The summed E-state index contributed by atoms with van der Waals surface area (Å²) in [5, 5.41) is 14.1. The molecule has 1 aromatic rings. The van der Waals surface area contributed by atoms with Crippen LogP contribution < -0.4 is 5.32 Å². The van der Waals surface area contributed by atoms with E-state index in [2.05, 4.69) is 5.32 Å².